The maximum absolute atomic E-state index is 13.0. The number of aromatic hydroxyl groups is 1. The predicted molar refractivity (Wildman–Crippen MR) is 152 cm³/mol. The van der Waals surface area contributed by atoms with Crippen LogP contribution in [0.15, 0.2) is 77.7 Å². The topological polar surface area (TPSA) is 94.1 Å². The molecule has 0 saturated carbocycles. The summed E-state index contributed by atoms with van der Waals surface area (Å²) in [5, 5.41) is 13.4. The van der Waals surface area contributed by atoms with Crippen LogP contribution in [0, 0.1) is 3.57 Å². The van der Waals surface area contributed by atoms with E-state index in [0.717, 1.165) is 8.47 Å². The Labute approximate surface area is 233 Å². The minimum atomic E-state index is -1.01. The number of halogens is 1. The molecule has 0 aliphatic heterocycles. The molecule has 0 unspecified atom stereocenters. The predicted octanol–water partition coefficient (Wildman–Crippen LogP) is 6.32. The number of nitrogens with one attached hydrogen (secondary N) is 1. The smallest absolute Gasteiger partial charge is 0.412 e. The highest BCUT2D eigenvalue weighted by atomic mass is 127. The number of benzene rings is 3. The van der Waals surface area contributed by atoms with Gasteiger partial charge in [0.15, 0.2) is 6.10 Å². The van der Waals surface area contributed by atoms with E-state index in [9.17, 15) is 14.7 Å². The van der Waals surface area contributed by atoms with Crippen LogP contribution in [0.25, 0.3) is 0 Å². The van der Waals surface area contributed by atoms with Crippen LogP contribution >= 0.6 is 47.0 Å². The molecule has 0 fully saturated rings. The minimum absolute atomic E-state index is 0.0131. The maximum Gasteiger partial charge on any atom is 0.412 e. The van der Waals surface area contributed by atoms with Crippen molar-refractivity contribution in [2.24, 2.45) is 0 Å². The Morgan fingerprint density at radius 2 is 1.81 bits per heavy atom. The van der Waals surface area contributed by atoms with E-state index in [-0.39, 0.29) is 24.5 Å². The first kappa shape index (κ1) is 28.0. The number of anilines is 1. The average Bonchev–Trinajstić information content (AvgIpc) is 2.89. The number of thioether (sulfide) groups is 1. The molecule has 2 atom stereocenters. The Kier molecular flexibility index (Phi) is 11.1. The van der Waals surface area contributed by atoms with E-state index in [1.807, 2.05) is 36.6 Å². The second kappa shape index (κ2) is 14.2. The lowest BCUT2D eigenvalue weighted by Crippen LogP contribution is -2.32. The van der Waals surface area contributed by atoms with Crippen molar-refractivity contribution in [1.82, 2.24) is 0 Å². The normalized spacial score (nSPS) is 12.3. The van der Waals surface area contributed by atoms with Crippen LogP contribution in [0.3, 0.4) is 0 Å². The van der Waals surface area contributed by atoms with Crippen LogP contribution in [0.4, 0.5) is 10.5 Å². The van der Waals surface area contributed by atoms with Gasteiger partial charge in [-0.2, -0.15) is 12.6 Å². The van der Waals surface area contributed by atoms with Crippen molar-refractivity contribution in [3.8, 4) is 11.5 Å². The molecule has 0 aliphatic carbocycles. The van der Waals surface area contributed by atoms with Gasteiger partial charge in [-0.15, -0.1) is 11.8 Å². The van der Waals surface area contributed by atoms with Gasteiger partial charge in [-0.3, -0.25) is 10.1 Å². The fraction of sp³-hybridized carbons (Fsp3) is 0.231. The number of ether oxygens (including phenoxy) is 3. The number of amides is 1. The van der Waals surface area contributed by atoms with Crippen LogP contribution in [-0.2, 0) is 14.3 Å². The van der Waals surface area contributed by atoms with E-state index in [0.29, 0.717) is 17.0 Å². The van der Waals surface area contributed by atoms with Gasteiger partial charge in [-0.05, 0) is 83.4 Å². The molecular formula is C26H26INO6S2. The van der Waals surface area contributed by atoms with Crippen molar-refractivity contribution in [1.29, 1.82) is 0 Å². The van der Waals surface area contributed by atoms with Crippen LogP contribution in [0.2, 0.25) is 0 Å². The molecule has 0 aromatic heterocycles. The van der Waals surface area contributed by atoms with E-state index in [2.05, 4.69) is 40.5 Å². The number of thiol groups is 1. The van der Waals surface area contributed by atoms with Crippen molar-refractivity contribution in [2.75, 3.05) is 23.9 Å². The number of hydrogen-bond acceptors (Lipinski definition) is 8. The third-order valence-electron chi connectivity index (χ3n) is 5.03. The Balaban J connectivity index is 1.89. The third kappa shape index (κ3) is 8.52. The molecule has 0 aliphatic rings. The van der Waals surface area contributed by atoms with Crippen molar-refractivity contribution in [3.63, 3.8) is 0 Å². The molecule has 3 rings (SSSR count). The van der Waals surface area contributed by atoms with Crippen LogP contribution in [0.5, 0.6) is 11.5 Å². The Morgan fingerprint density at radius 3 is 2.47 bits per heavy atom. The van der Waals surface area contributed by atoms with E-state index in [4.69, 9.17) is 14.2 Å². The summed E-state index contributed by atoms with van der Waals surface area (Å²) < 4.78 is 18.1. The first-order valence-electron chi connectivity index (χ1n) is 11.0. The summed E-state index contributed by atoms with van der Waals surface area (Å²) in [7, 11) is 0. The summed E-state index contributed by atoms with van der Waals surface area (Å²) >= 11 is 7.64. The van der Waals surface area contributed by atoms with Gasteiger partial charge in [0, 0.05) is 26.1 Å². The number of esters is 1. The van der Waals surface area contributed by atoms with E-state index in [1.165, 1.54) is 6.07 Å². The highest BCUT2D eigenvalue weighted by molar-refractivity contribution is 14.1. The van der Waals surface area contributed by atoms with Crippen LogP contribution in [0.1, 0.15) is 18.1 Å². The molecule has 7 nitrogen and oxygen atoms in total. The molecule has 10 heteroatoms. The molecule has 3 aromatic carbocycles. The fourth-order valence-electron chi connectivity index (χ4n) is 3.31. The van der Waals surface area contributed by atoms with E-state index in [1.54, 1.807) is 48.2 Å². The van der Waals surface area contributed by atoms with Gasteiger partial charge < -0.3 is 19.3 Å². The molecular weight excluding hydrogens is 613 g/mol. The number of carbonyl (C=O) groups is 2. The zero-order chi connectivity index (χ0) is 25.9. The number of hydrogen-bond donors (Lipinski definition) is 3. The molecule has 2 N–H and O–H groups in total. The van der Waals surface area contributed by atoms with Gasteiger partial charge in [0.2, 0.25) is 0 Å². The Morgan fingerprint density at radius 1 is 1.08 bits per heavy atom. The second-order valence-electron chi connectivity index (χ2n) is 7.52. The second-order valence-corrected chi connectivity index (χ2v) is 9.96. The molecule has 0 bridgehead atoms. The van der Waals surface area contributed by atoms with Crippen LogP contribution < -0.4 is 10.1 Å². The SMILES string of the molecule is CSc1ccc(NC(=O)O[C@H](c2cc(I)ccc2O)[C@@H](CCOC(=O)CS)Oc2ccccc2)cc1. The van der Waals surface area contributed by atoms with Crippen molar-refractivity contribution >= 4 is 64.7 Å². The molecule has 190 valence electrons. The molecule has 0 spiro atoms. The summed E-state index contributed by atoms with van der Waals surface area (Å²) in [5.74, 6) is -0.0429. The van der Waals surface area contributed by atoms with Gasteiger partial charge in [0.1, 0.15) is 17.6 Å². The summed E-state index contributed by atoms with van der Waals surface area (Å²) in [6.07, 6.45) is -0.354. The average molecular weight is 640 g/mol. The lowest BCUT2D eigenvalue weighted by molar-refractivity contribution is -0.141. The first-order chi connectivity index (χ1) is 17.4. The standard InChI is InChI=1S/C26H26INO6S2/c1-36-20-10-8-18(9-11-20)28-26(31)34-25(21-15-17(27)7-12-22(21)29)23(13-14-32-24(30)16-35)33-19-5-3-2-4-6-19/h2-12,15,23,25,29,35H,13-14,16H2,1H3,(H,28,31)/t23-,25-/m1/s1. The number of phenolic OH excluding ortho intramolecular Hbond substituents is 1. The van der Waals surface area contributed by atoms with Crippen molar-refractivity contribution in [3.05, 3.63) is 81.9 Å². The highest BCUT2D eigenvalue weighted by Gasteiger charge is 2.32. The molecule has 0 radical (unpaired) electrons. The summed E-state index contributed by atoms with van der Waals surface area (Å²) in [6, 6.07) is 21.4. The summed E-state index contributed by atoms with van der Waals surface area (Å²) in [4.78, 5) is 25.7. The molecule has 1 amide bonds. The maximum atomic E-state index is 13.0. The van der Waals surface area contributed by atoms with Gasteiger partial charge in [0.05, 0.1) is 12.4 Å². The molecule has 3 aromatic rings. The van der Waals surface area contributed by atoms with Crippen LogP contribution in [-0.4, -0.2) is 41.9 Å². The monoisotopic (exact) mass is 639 g/mol. The van der Waals surface area contributed by atoms with Crippen molar-refractivity contribution < 1.29 is 28.9 Å². The zero-order valence-corrected chi connectivity index (χ0v) is 23.3. The Hall–Kier alpha value is -2.57. The van der Waals surface area contributed by atoms with E-state index >= 15 is 0 Å². The van der Waals surface area contributed by atoms with Gasteiger partial charge in [-0.1, -0.05) is 18.2 Å². The number of carbonyl (C=O) groups excluding carboxylic acids is 2. The van der Waals surface area contributed by atoms with Gasteiger partial charge in [-0.25, -0.2) is 4.79 Å². The first-order valence-corrected chi connectivity index (χ1v) is 13.9. The molecule has 36 heavy (non-hydrogen) atoms. The lowest BCUT2D eigenvalue weighted by Gasteiger charge is -2.29. The zero-order valence-electron chi connectivity index (χ0n) is 19.4. The quantitative estimate of drug-likeness (QED) is 0.0979. The third-order valence-corrected chi connectivity index (χ3v) is 6.70. The minimum Gasteiger partial charge on any atom is -0.508 e. The van der Waals surface area contributed by atoms with Crippen molar-refractivity contribution in [2.45, 2.75) is 23.5 Å². The van der Waals surface area contributed by atoms with Gasteiger partial charge >= 0.3 is 12.1 Å². The number of phenols is 1. The number of rotatable bonds is 11. The number of para-hydroxylation sites is 1. The summed E-state index contributed by atoms with van der Waals surface area (Å²) in [6.45, 7) is 0.0131. The van der Waals surface area contributed by atoms with E-state index < -0.39 is 24.3 Å². The largest absolute Gasteiger partial charge is 0.508 e. The Bertz CT molecular complexity index is 1150. The highest BCUT2D eigenvalue weighted by Crippen LogP contribution is 2.34. The fourth-order valence-corrected chi connectivity index (χ4v) is 4.33. The lowest BCUT2D eigenvalue weighted by atomic mass is 10.0. The van der Waals surface area contributed by atoms with Gasteiger partial charge in [0.25, 0.3) is 0 Å². The molecule has 0 saturated heterocycles. The molecule has 0 heterocycles. The summed E-state index contributed by atoms with van der Waals surface area (Å²) in [5.41, 5.74) is 0.933.